The van der Waals surface area contributed by atoms with Gasteiger partial charge < -0.3 is 15.4 Å². The van der Waals surface area contributed by atoms with Crippen LogP contribution in [0.4, 0.5) is 5.69 Å². The number of methoxy groups -OCH3 is 1. The van der Waals surface area contributed by atoms with Crippen LogP contribution in [0.5, 0.6) is 5.75 Å². The van der Waals surface area contributed by atoms with Crippen molar-refractivity contribution in [3.05, 3.63) is 58.6 Å². The smallest absolute Gasteiger partial charge is 0.226 e. The molecule has 1 atom stereocenters. The fourth-order valence-corrected chi connectivity index (χ4v) is 2.67. The van der Waals surface area contributed by atoms with Gasteiger partial charge in [0.05, 0.1) is 25.3 Å². The molecular formula is C18H19BrN2O3. The fourth-order valence-electron chi connectivity index (χ4n) is 2.28. The average Bonchev–Trinajstić information content (AvgIpc) is 2.56. The normalized spacial score (nSPS) is 11.5. The molecule has 0 aliphatic heterocycles. The van der Waals surface area contributed by atoms with Gasteiger partial charge in [0.2, 0.25) is 11.8 Å². The number of hydrogen-bond donors (Lipinski definition) is 2. The second kappa shape index (κ2) is 8.49. The lowest BCUT2D eigenvalue weighted by Gasteiger charge is -2.18. The van der Waals surface area contributed by atoms with Crippen LogP contribution < -0.4 is 15.4 Å². The third kappa shape index (κ3) is 5.09. The van der Waals surface area contributed by atoms with Crippen molar-refractivity contribution in [1.82, 2.24) is 5.32 Å². The third-order valence-electron chi connectivity index (χ3n) is 3.43. The summed E-state index contributed by atoms with van der Waals surface area (Å²) >= 11 is 3.39. The number of amides is 2. The largest absolute Gasteiger partial charge is 0.497 e. The summed E-state index contributed by atoms with van der Waals surface area (Å²) < 4.78 is 5.94. The van der Waals surface area contributed by atoms with Crippen molar-refractivity contribution < 1.29 is 14.3 Å². The fraction of sp³-hybridized carbons (Fsp3) is 0.222. The van der Waals surface area contributed by atoms with Crippen LogP contribution in [0.2, 0.25) is 0 Å². The molecule has 2 rings (SSSR count). The molecule has 2 aromatic carbocycles. The number of ether oxygens (including phenoxy) is 1. The van der Waals surface area contributed by atoms with E-state index in [0.717, 1.165) is 15.8 Å². The highest BCUT2D eigenvalue weighted by atomic mass is 79.9. The van der Waals surface area contributed by atoms with Gasteiger partial charge in [0.1, 0.15) is 5.75 Å². The van der Waals surface area contributed by atoms with Gasteiger partial charge in [-0.25, -0.2) is 0 Å². The van der Waals surface area contributed by atoms with Crippen LogP contribution in [0.25, 0.3) is 0 Å². The van der Waals surface area contributed by atoms with Crippen LogP contribution in [-0.2, 0) is 9.59 Å². The van der Waals surface area contributed by atoms with E-state index >= 15 is 0 Å². The summed E-state index contributed by atoms with van der Waals surface area (Å²) in [5.74, 6) is 0.346. The van der Waals surface area contributed by atoms with Crippen LogP contribution in [0, 0.1) is 0 Å². The second-order valence-electron chi connectivity index (χ2n) is 5.26. The zero-order chi connectivity index (χ0) is 17.5. The van der Waals surface area contributed by atoms with E-state index in [0.29, 0.717) is 5.69 Å². The molecule has 0 radical (unpaired) electrons. The highest BCUT2D eigenvalue weighted by Crippen LogP contribution is 2.24. The highest BCUT2D eigenvalue weighted by Gasteiger charge is 2.18. The Balaban J connectivity index is 2.11. The summed E-state index contributed by atoms with van der Waals surface area (Å²) in [7, 11) is 1.59. The molecule has 0 aromatic heterocycles. The Labute approximate surface area is 149 Å². The first-order chi connectivity index (χ1) is 11.5. The second-order valence-corrected chi connectivity index (χ2v) is 6.11. The number of hydrogen-bond acceptors (Lipinski definition) is 3. The number of benzene rings is 2. The maximum absolute atomic E-state index is 12.3. The monoisotopic (exact) mass is 390 g/mol. The van der Waals surface area contributed by atoms with E-state index < -0.39 is 6.04 Å². The topological polar surface area (TPSA) is 67.4 Å². The maximum Gasteiger partial charge on any atom is 0.226 e. The quantitative estimate of drug-likeness (QED) is 0.790. The van der Waals surface area contributed by atoms with E-state index in [9.17, 15) is 9.59 Å². The minimum atomic E-state index is -0.407. The van der Waals surface area contributed by atoms with E-state index in [1.54, 1.807) is 19.2 Å². The van der Waals surface area contributed by atoms with E-state index in [1.807, 2.05) is 36.4 Å². The van der Waals surface area contributed by atoms with Gasteiger partial charge in [0.15, 0.2) is 0 Å². The van der Waals surface area contributed by atoms with E-state index in [-0.39, 0.29) is 18.2 Å². The molecule has 2 amide bonds. The number of halogens is 1. The molecule has 0 aliphatic rings. The SMILES string of the molecule is COc1ccc(C(CC(=O)Nc2ccccc2Br)NC(C)=O)cc1. The number of carbonyl (C=O) groups is 2. The molecule has 0 heterocycles. The van der Waals surface area contributed by atoms with Gasteiger partial charge in [-0.1, -0.05) is 24.3 Å². The van der Waals surface area contributed by atoms with Crippen LogP contribution in [0.15, 0.2) is 53.0 Å². The molecule has 0 aliphatic carbocycles. The average molecular weight is 391 g/mol. The number of rotatable bonds is 6. The van der Waals surface area contributed by atoms with Crippen LogP contribution >= 0.6 is 15.9 Å². The van der Waals surface area contributed by atoms with Gasteiger partial charge in [-0.15, -0.1) is 0 Å². The van der Waals surface area contributed by atoms with E-state index in [2.05, 4.69) is 26.6 Å². The molecule has 0 saturated carbocycles. The summed E-state index contributed by atoms with van der Waals surface area (Å²) in [4.78, 5) is 23.8. The van der Waals surface area contributed by atoms with Gasteiger partial charge in [-0.05, 0) is 45.8 Å². The van der Waals surface area contributed by atoms with E-state index in [1.165, 1.54) is 6.92 Å². The van der Waals surface area contributed by atoms with Gasteiger partial charge in [-0.2, -0.15) is 0 Å². The third-order valence-corrected chi connectivity index (χ3v) is 4.12. The minimum Gasteiger partial charge on any atom is -0.497 e. The molecule has 1 unspecified atom stereocenters. The van der Waals surface area contributed by atoms with Crippen LogP contribution in [0.1, 0.15) is 24.9 Å². The standard InChI is InChI=1S/C18H19BrN2O3/c1-12(22)20-17(13-7-9-14(24-2)10-8-13)11-18(23)21-16-6-4-3-5-15(16)19/h3-10,17H,11H2,1-2H3,(H,20,22)(H,21,23). The first-order valence-corrected chi connectivity index (χ1v) is 8.24. The zero-order valence-electron chi connectivity index (χ0n) is 13.5. The zero-order valence-corrected chi connectivity index (χ0v) is 15.1. The summed E-state index contributed by atoms with van der Waals surface area (Å²) in [6.07, 6.45) is 0.132. The van der Waals surface area contributed by atoms with Crippen molar-refractivity contribution in [2.24, 2.45) is 0 Å². The Hall–Kier alpha value is -2.34. The summed E-state index contributed by atoms with van der Waals surface area (Å²) in [5.41, 5.74) is 1.53. The molecule has 0 saturated heterocycles. The van der Waals surface area contributed by atoms with Gasteiger partial charge in [0, 0.05) is 11.4 Å². The Kier molecular flexibility index (Phi) is 6.37. The lowest BCUT2D eigenvalue weighted by molar-refractivity contribution is -0.120. The molecule has 2 aromatic rings. The molecule has 5 nitrogen and oxygen atoms in total. The Bertz CT molecular complexity index is 716. The van der Waals surface area contributed by atoms with Gasteiger partial charge in [0.25, 0.3) is 0 Å². The maximum atomic E-state index is 12.3. The van der Waals surface area contributed by atoms with Crippen molar-refractivity contribution >= 4 is 33.4 Å². The van der Waals surface area contributed by atoms with Crippen molar-refractivity contribution in [3.8, 4) is 5.75 Å². The Morgan fingerprint density at radius 1 is 1.12 bits per heavy atom. The number of anilines is 1. The Morgan fingerprint density at radius 3 is 2.38 bits per heavy atom. The lowest BCUT2D eigenvalue weighted by atomic mass is 10.0. The molecule has 24 heavy (non-hydrogen) atoms. The van der Waals surface area contributed by atoms with Gasteiger partial charge in [-0.3, -0.25) is 9.59 Å². The van der Waals surface area contributed by atoms with Crippen LogP contribution in [-0.4, -0.2) is 18.9 Å². The molecule has 2 N–H and O–H groups in total. The molecular weight excluding hydrogens is 372 g/mol. The van der Waals surface area contributed by atoms with E-state index in [4.69, 9.17) is 4.74 Å². The molecule has 0 spiro atoms. The van der Waals surface area contributed by atoms with Crippen LogP contribution in [0.3, 0.4) is 0 Å². The summed E-state index contributed by atoms with van der Waals surface area (Å²) in [6, 6.07) is 14.2. The predicted octanol–water partition coefficient (Wildman–Crippen LogP) is 3.66. The minimum absolute atomic E-state index is 0.132. The summed E-state index contributed by atoms with van der Waals surface area (Å²) in [5, 5.41) is 5.66. The molecule has 6 heteroatoms. The Morgan fingerprint density at radius 2 is 1.79 bits per heavy atom. The molecule has 126 valence electrons. The first-order valence-electron chi connectivity index (χ1n) is 7.45. The predicted molar refractivity (Wildman–Crippen MR) is 96.9 cm³/mol. The van der Waals surface area contributed by atoms with Crippen molar-refractivity contribution in [3.63, 3.8) is 0 Å². The lowest BCUT2D eigenvalue weighted by Crippen LogP contribution is -2.29. The first kappa shape index (κ1) is 18.0. The molecule has 0 fully saturated rings. The van der Waals surface area contributed by atoms with Crippen molar-refractivity contribution in [2.75, 3.05) is 12.4 Å². The van der Waals surface area contributed by atoms with Crippen molar-refractivity contribution in [2.45, 2.75) is 19.4 Å². The highest BCUT2D eigenvalue weighted by molar-refractivity contribution is 9.10. The van der Waals surface area contributed by atoms with Crippen molar-refractivity contribution in [1.29, 1.82) is 0 Å². The van der Waals surface area contributed by atoms with Gasteiger partial charge >= 0.3 is 0 Å². The number of nitrogens with one attached hydrogen (secondary N) is 2. The number of para-hydroxylation sites is 1. The summed E-state index contributed by atoms with van der Waals surface area (Å²) in [6.45, 7) is 1.43. The number of carbonyl (C=O) groups excluding carboxylic acids is 2. The molecule has 0 bridgehead atoms.